The van der Waals surface area contributed by atoms with Gasteiger partial charge in [-0.2, -0.15) is 0 Å². The van der Waals surface area contributed by atoms with Gasteiger partial charge in [0.15, 0.2) is 9.84 Å². The molecule has 4 rings (SSSR count). The Kier molecular flexibility index (Phi) is 9.73. The maximum Gasteiger partial charge on any atom is 0.326 e. The molecule has 8 nitrogen and oxygen atoms in total. The molecule has 1 heterocycles. The third kappa shape index (κ3) is 7.18. The van der Waals surface area contributed by atoms with Gasteiger partial charge in [0.1, 0.15) is 11.9 Å². The Bertz CT molecular complexity index is 1710. The van der Waals surface area contributed by atoms with E-state index in [1.165, 1.54) is 42.5 Å². The number of rotatable bonds is 8. The lowest BCUT2D eigenvalue weighted by Crippen LogP contribution is -2.42. The number of carbonyl (C=O) groups is 3. The highest BCUT2D eigenvalue weighted by molar-refractivity contribution is 7.90. The molecule has 2 atom stereocenters. The smallest absolute Gasteiger partial charge is 0.326 e. The Balaban J connectivity index is 1.51. The summed E-state index contributed by atoms with van der Waals surface area (Å²) >= 11 is 13.0. The molecule has 0 aliphatic carbocycles. The molecule has 0 saturated heterocycles. The first-order valence-electron chi connectivity index (χ1n) is 12.6. The molecule has 2 amide bonds. The number of carbonyl (C=O) groups excluding carboxylic acids is 2. The van der Waals surface area contributed by atoms with Crippen LogP contribution in [0.25, 0.3) is 6.08 Å². The number of nitrogens with one attached hydrogen (secondary N) is 1. The molecule has 0 saturated carbocycles. The minimum Gasteiger partial charge on any atom is -0.480 e. The average molecular weight is 651 g/mol. The summed E-state index contributed by atoms with van der Waals surface area (Å²) in [5.74, 6) is -2.93. The SMILES string of the molecule is CS(=O)(=O)c1cccc(CC(NC(=O)c2c(Cl)cc3c(c2Cl)CCN(C(=O)/C=C/c2c(F)cccc2P)C3)C(=O)O)c1. The predicted octanol–water partition coefficient (Wildman–Crippen LogP) is 4.06. The molecule has 1 aliphatic rings. The van der Waals surface area contributed by atoms with Crippen LogP contribution in [0.5, 0.6) is 0 Å². The monoisotopic (exact) mass is 650 g/mol. The summed E-state index contributed by atoms with van der Waals surface area (Å²) in [4.78, 5) is 39.6. The lowest BCUT2D eigenvalue weighted by molar-refractivity contribution is -0.139. The molecule has 220 valence electrons. The minimum atomic E-state index is -3.51. The van der Waals surface area contributed by atoms with Crippen molar-refractivity contribution in [2.75, 3.05) is 12.8 Å². The maximum absolute atomic E-state index is 14.1. The van der Waals surface area contributed by atoms with E-state index in [-0.39, 0.29) is 51.5 Å². The first-order valence-corrected chi connectivity index (χ1v) is 15.8. The second-order valence-electron chi connectivity index (χ2n) is 9.76. The Labute approximate surface area is 254 Å². The first kappa shape index (κ1) is 31.6. The lowest BCUT2D eigenvalue weighted by Gasteiger charge is -2.29. The highest BCUT2D eigenvalue weighted by Crippen LogP contribution is 2.35. The van der Waals surface area contributed by atoms with Gasteiger partial charge in [0.25, 0.3) is 5.91 Å². The summed E-state index contributed by atoms with van der Waals surface area (Å²) in [5.41, 5.74) is 1.82. The van der Waals surface area contributed by atoms with Crippen molar-refractivity contribution in [2.24, 2.45) is 0 Å². The molecule has 0 fully saturated rings. The number of sulfone groups is 1. The second kappa shape index (κ2) is 12.9. The van der Waals surface area contributed by atoms with Crippen LogP contribution in [0, 0.1) is 5.82 Å². The zero-order valence-electron chi connectivity index (χ0n) is 22.2. The van der Waals surface area contributed by atoms with Gasteiger partial charge < -0.3 is 15.3 Å². The molecule has 0 aromatic heterocycles. The van der Waals surface area contributed by atoms with E-state index in [0.29, 0.717) is 28.4 Å². The van der Waals surface area contributed by atoms with Gasteiger partial charge in [-0.3, -0.25) is 9.59 Å². The number of nitrogens with zero attached hydrogens (tertiary/aromatic N) is 1. The van der Waals surface area contributed by atoms with Crippen molar-refractivity contribution in [3.8, 4) is 0 Å². The van der Waals surface area contributed by atoms with E-state index in [1.54, 1.807) is 23.1 Å². The van der Waals surface area contributed by atoms with Gasteiger partial charge in [0, 0.05) is 37.4 Å². The van der Waals surface area contributed by atoms with Crippen LogP contribution in [0.15, 0.2) is 59.5 Å². The van der Waals surface area contributed by atoms with Gasteiger partial charge in [-0.1, -0.05) is 47.5 Å². The number of carboxylic acids is 1. The quantitative estimate of drug-likeness (QED) is 0.280. The fourth-order valence-corrected chi connectivity index (χ4v) is 6.41. The molecule has 2 N–H and O–H groups in total. The van der Waals surface area contributed by atoms with Gasteiger partial charge >= 0.3 is 5.97 Å². The van der Waals surface area contributed by atoms with Crippen molar-refractivity contribution in [1.82, 2.24) is 10.2 Å². The van der Waals surface area contributed by atoms with Crippen molar-refractivity contribution >= 4 is 71.4 Å². The van der Waals surface area contributed by atoms with Gasteiger partial charge in [0.05, 0.1) is 20.5 Å². The van der Waals surface area contributed by atoms with Crippen LogP contribution >= 0.6 is 32.4 Å². The number of carboxylic acid groups (broad SMARTS) is 1. The van der Waals surface area contributed by atoms with Crippen LogP contribution in [0.2, 0.25) is 10.0 Å². The van der Waals surface area contributed by atoms with E-state index in [1.807, 2.05) is 0 Å². The van der Waals surface area contributed by atoms with Gasteiger partial charge in [-0.15, -0.1) is 9.24 Å². The summed E-state index contributed by atoms with van der Waals surface area (Å²) in [5, 5.41) is 12.8. The Morgan fingerprint density at radius 2 is 1.88 bits per heavy atom. The molecule has 0 spiro atoms. The number of benzene rings is 3. The van der Waals surface area contributed by atoms with Gasteiger partial charge in [-0.05, 0) is 58.8 Å². The molecule has 13 heteroatoms. The number of hydrogen-bond donors (Lipinski definition) is 2. The van der Waals surface area contributed by atoms with E-state index in [4.69, 9.17) is 23.2 Å². The van der Waals surface area contributed by atoms with Crippen LogP contribution in [-0.2, 0) is 38.8 Å². The van der Waals surface area contributed by atoms with Crippen molar-refractivity contribution in [3.05, 3.63) is 98.3 Å². The van der Waals surface area contributed by atoms with E-state index in [9.17, 15) is 32.3 Å². The van der Waals surface area contributed by atoms with Crippen molar-refractivity contribution < 1.29 is 32.3 Å². The fraction of sp³-hybridized carbons (Fsp3) is 0.207. The lowest BCUT2D eigenvalue weighted by atomic mass is 9.96. The summed E-state index contributed by atoms with van der Waals surface area (Å²) in [7, 11) is -1.09. The zero-order valence-corrected chi connectivity index (χ0v) is 25.7. The number of amides is 2. The van der Waals surface area contributed by atoms with Crippen LogP contribution in [0.3, 0.4) is 0 Å². The topological polar surface area (TPSA) is 121 Å². The predicted molar refractivity (Wildman–Crippen MR) is 163 cm³/mol. The van der Waals surface area contributed by atoms with E-state index < -0.39 is 33.6 Å². The Hall–Kier alpha value is -3.30. The molecule has 3 aromatic rings. The normalized spacial score (nSPS) is 14.0. The van der Waals surface area contributed by atoms with Crippen LogP contribution < -0.4 is 10.6 Å². The third-order valence-electron chi connectivity index (χ3n) is 6.79. The summed E-state index contributed by atoms with van der Waals surface area (Å²) in [6.45, 7) is 0.428. The number of hydrogen-bond acceptors (Lipinski definition) is 5. The highest BCUT2D eigenvalue weighted by atomic mass is 35.5. The standard InChI is InChI=1S/C29H26Cl2FN2O6PS/c1-42(39,40)18-5-2-4-16(12-18)13-23(29(37)38)33-28(36)26-21(30)14-17-15-34(11-10-19(17)27(26)31)25(35)9-8-20-22(32)6-3-7-24(20)41/h2-9,12,14,23H,10-11,13,15,41H2,1H3,(H,33,36)(H,37,38)/b9-8+. The summed E-state index contributed by atoms with van der Waals surface area (Å²) < 4.78 is 37.9. The van der Waals surface area contributed by atoms with Gasteiger partial charge in [0.2, 0.25) is 5.91 Å². The molecule has 42 heavy (non-hydrogen) atoms. The van der Waals surface area contributed by atoms with Crippen LogP contribution in [-0.4, -0.2) is 55.1 Å². The Morgan fingerprint density at radius 1 is 1.17 bits per heavy atom. The van der Waals surface area contributed by atoms with Crippen molar-refractivity contribution in [3.63, 3.8) is 0 Å². The molecule has 1 aliphatic heterocycles. The van der Waals surface area contributed by atoms with Crippen molar-refractivity contribution in [1.29, 1.82) is 0 Å². The second-order valence-corrected chi connectivity index (χ2v) is 13.2. The average Bonchev–Trinajstić information content (AvgIpc) is 2.91. The maximum atomic E-state index is 14.1. The molecular weight excluding hydrogens is 625 g/mol. The van der Waals surface area contributed by atoms with Crippen LogP contribution in [0.4, 0.5) is 4.39 Å². The third-order valence-corrected chi connectivity index (χ3v) is 9.12. The first-order chi connectivity index (χ1) is 19.8. The van der Waals surface area contributed by atoms with E-state index in [2.05, 4.69) is 14.6 Å². The summed E-state index contributed by atoms with van der Waals surface area (Å²) in [6, 6.07) is 10.5. The number of halogens is 3. The van der Waals surface area contributed by atoms with E-state index >= 15 is 0 Å². The minimum absolute atomic E-state index is 0.0247. The van der Waals surface area contributed by atoms with Gasteiger partial charge in [-0.25, -0.2) is 17.6 Å². The largest absolute Gasteiger partial charge is 0.480 e. The van der Waals surface area contributed by atoms with Crippen LogP contribution in [0.1, 0.15) is 32.6 Å². The molecule has 0 radical (unpaired) electrons. The highest BCUT2D eigenvalue weighted by Gasteiger charge is 2.29. The Morgan fingerprint density at radius 3 is 2.55 bits per heavy atom. The number of aliphatic carboxylic acids is 1. The summed E-state index contributed by atoms with van der Waals surface area (Å²) in [6.07, 6.45) is 3.87. The number of fused-ring (bicyclic) bond motifs is 1. The molecule has 3 aromatic carbocycles. The van der Waals surface area contributed by atoms with E-state index in [0.717, 1.165) is 6.26 Å². The molecular formula is C29H26Cl2FN2O6PS. The molecule has 2 unspecified atom stereocenters. The zero-order chi connectivity index (χ0) is 30.8. The fourth-order valence-electron chi connectivity index (χ4n) is 4.61. The van der Waals surface area contributed by atoms with Crippen molar-refractivity contribution in [2.45, 2.75) is 30.3 Å². The molecule has 0 bridgehead atoms.